The highest BCUT2D eigenvalue weighted by atomic mass is 19.4. The lowest BCUT2D eigenvalue weighted by atomic mass is 9.91. The number of hydrogen-bond donors (Lipinski definition) is 1. The molecule has 0 saturated heterocycles. The van der Waals surface area contributed by atoms with Gasteiger partial charge >= 0.3 is 12.3 Å². The molecule has 0 aliphatic heterocycles. The fourth-order valence-electron chi connectivity index (χ4n) is 4.05. The minimum absolute atomic E-state index is 0.0326. The van der Waals surface area contributed by atoms with Crippen molar-refractivity contribution < 1.29 is 36.7 Å². The molecule has 1 amide bonds. The third-order valence-electron chi connectivity index (χ3n) is 5.84. The average molecular weight is 536 g/mol. The van der Waals surface area contributed by atoms with E-state index >= 15 is 0 Å². The summed E-state index contributed by atoms with van der Waals surface area (Å²) < 4.78 is 52.7. The lowest BCUT2D eigenvalue weighted by molar-refractivity contribution is -0.136. The molecule has 3 rings (SSSR count). The number of rotatable bonds is 11. The maximum absolute atomic E-state index is 13.8. The van der Waals surface area contributed by atoms with Crippen molar-refractivity contribution in [3.8, 4) is 11.1 Å². The summed E-state index contributed by atoms with van der Waals surface area (Å²) >= 11 is 0. The molecular formula is C27H32F3N3O5. The van der Waals surface area contributed by atoms with Crippen molar-refractivity contribution in [3.05, 3.63) is 48.3 Å². The maximum atomic E-state index is 13.8. The highest BCUT2D eigenvalue weighted by Crippen LogP contribution is 2.35. The molecule has 0 radical (unpaired) electrons. The Hall–Kier alpha value is -3.63. The molecular weight excluding hydrogens is 503 g/mol. The third kappa shape index (κ3) is 8.19. The van der Waals surface area contributed by atoms with Gasteiger partial charge in [0, 0.05) is 42.4 Å². The van der Waals surface area contributed by atoms with E-state index in [-0.39, 0.29) is 35.7 Å². The van der Waals surface area contributed by atoms with Gasteiger partial charge in [0.2, 0.25) is 0 Å². The monoisotopic (exact) mass is 535 g/mol. The molecule has 0 aromatic carbocycles. The highest BCUT2D eigenvalue weighted by molar-refractivity contribution is 5.87. The fourth-order valence-corrected chi connectivity index (χ4v) is 4.05. The van der Waals surface area contributed by atoms with Crippen LogP contribution in [0.5, 0.6) is 0 Å². The number of fused-ring (bicyclic) bond motifs is 1. The zero-order valence-corrected chi connectivity index (χ0v) is 21.9. The molecule has 0 spiro atoms. The molecule has 3 aromatic heterocycles. The lowest BCUT2D eigenvalue weighted by Gasteiger charge is -2.19. The van der Waals surface area contributed by atoms with Crippen LogP contribution in [-0.2, 0) is 26.9 Å². The van der Waals surface area contributed by atoms with Crippen LogP contribution in [-0.4, -0.2) is 39.2 Å². The quantitative estimate of drug-likeness (QED) is 0.302. The number of amides is 1. The van der Waals surface area contributed by atoms with Gasteiger partial charge in [0.1, 0.15) is 22.8 Å². The minimum atomic E-state index is -4.65. The standard InChI is InChI=1S/C27H32F3N3O5/c1-17(34)18(7-5-6-9-31-25(36)38-26(2,3)4)11-22(35)13-21-15-33-14-20(19-8-10-37-16-19)12-23(24(33)32-21)27(28,29)30/h8,10,12,14-16,18H,5-7,9,11,13H2,1-4H3,(H,31,36). The number of hydrogen-bond acceptors (Lipinski definition) is 6. The number of Topliss-reactive ketones (excluding diaryl/α,β-unsaturated/α-hetero) is 2. The van der Waals surface area contributed by atoms with Crippen LogP contribution in [0.15, 0.2) is 41.5 Å². The van der Waals surface area contributed by atoms with E-state index in [1.165, 1.54) is 36.2 Å². The predicted octanol–water partition coefficient (Wildman–Crippen LogP) is 6.02. The van der Waals surface area contributed by atoms with E-state index in [2.05, 4.69) is 10.3 Å². The number of imidazole rings is 1. The second-order valence-corrected chi connectivity index (χ2v) is 10.3. The number of furan rings is 1. The van der Waals surface area contributed by atoms with Crippen molar-refractivity contribution in [2.24, 2.45) is 5.92 Å². The summed E-state index contributed by atoms with van der Waals surface area (Å²) in [5.74, 6) is -0.943. The van der Waals surface area contributed by atoms with Gasteiger partial charge in [-0.1, -0.05) is 6.42 Å². The second kappa shape index (κ2) is 11.8. The number of carbonyl (C=O) groups excluding carboxylic acids is 3. The Morgan fingerprint density at radius 1 is 1.13 bits per heavy atom. The van der Waals surface area contributed by atoms with Gasteiger partial charge < -0.3 is 18.9 Å². The number of ether oxygens (including phenoxy) is 1. The van der Waals surface area contributed by atoms with Crippen molar-refractivity contribution >= 4 is 23.3 Å². The van der Waals surface area contributed by atoms with Crippen molar-refractivity contribution in [1.82, 2.24) is 14.7 Å². The first-order chi connectivity index (χ1) is 17.7. The van der Waals surface area contributed by atoms with Crippen molar-refractivity contribution in [1.29, 1.82) is 0 Å². The first-order valence-corrected chi connectivity index (χ1v) is 12.3. The Morgan fingerprint density at radius 3 is 2.47 bits per heavy atom. The highest BCUT2D eigenvalue weighted by Gasteiger charge is 2.35. The summed E-state index contributed by atoms with van der Waals surface area (Å²) in [7, 11) is 0. The molecule has 11 heteroatoms. The second-order valence-electron chi connectivity index (χ2n) is 10.3. The molecule has 38 heavy (non-hydrogen) atoms. The molecule has 0 bridgehead atoms. The van der Waals surface area contributed by atoms with E-state index in [9.17, 15) is 27.6 Å². The fraction of sp³-hybridized carbons (Fsp3) is 0.481. The van der Waals surface area contributed by atoms with Crippen molar-refractivity contribution in [3.63, 3.8) is 0 Å². The van der Waals surface area contributed by atoms with Gasteiger partial charge in [0.05, 0.1) is 30.2 Å². The Kier molecular flexibility index (Phi) is 9.01. The van der Waals surface area contributed by atoms with Crippen LogP contribution in [0.1, 0.15) is 64.6 Å². The Labute approximate surface area is 218 Å². The minimum Gasteiger partial charge on any atom is -0.472 e. The molecule has 0 fully saturated rings. The molecule has 1 unspecified atom stereocenters. The predicted molar refractivity (Wildman–Crippen MR) is 133 cm³/mol. The van der Waals surface area contributed by atoms with Crippen LogP contribution in [0.25, 0.3) is 16.8 Å². The summed E-state index contributed by atoms with van der Waals surface area (Å²) in [6.07, 6.45) is 1.88. The van der Waals surface area contributed by atoms with Gasteiger partial charge in [0.25, 0.3) is 0 Å². The van der Waals surface area contributed by atoms with Crippen molar-refractivity contribution in [2.45, 2.75) is 71.6 Å². The van der Waals surface area contributed by atoms with E-state index in [0.717, 1.165) is 6.07 Å². The van der Waals surface area contributed by atoms with Gasteiger partial charge in [0.15, 0.2) is 0 Å². The Morgan fingerprint density at radius 2 is 1.87 bits per heavy atom. The van der Waals surface area contributed by atoms with Crippen LogP contribution in [0.3, 0.4) is 0 Å². The van der Waals surface area contributed by atoms with Gasteiger partial charge in [-0.3, -0.25) is 9.59 Å². The topological polar surface area (TPSA) is 103 Å². The summed E-state index contributed by atoms with van der Waals surface area (Å²) in [6.45, 7) is 7.08. The zero-order valence-electron chi connectivity index (χ0n) is 21.9. The maximum Gasteiger partial charge on any atom is 0.420 e. The largest absolute Gasteiger partial charge is 0.472 e. The summed E-state index contributed by atoms with van der Waals surface area (Å²) in [6, 6.07) is 2.56. The van der Waals surface area contributed by atoms with Gasteiger partial charge in [-0.2, -0.15) is 13.2 Å². The van der Waals surface area contributed by atoms with Gasteiger partial charge in [-0.05, 0) is 52.7 Å². The number of halogens is 3. The molecule has 0 saturated carbocycles. The molecule has 3 aromatic rings. The van der Waals surface area contributed by atoms with Crippen LogP contribution in [0, 0.1) is 5.92 Å². The van der Waals surface area contributed by atoms with E-state index in [4.69, 9.17) is 9.15 Å². The SMILES string of the molecule is CC(=O)C(CCCCNC(=O)OC(C)(C)C)CC(=O)Cc1cn2cc(-c3ccoc3)cc(C(F)(F)F)c2n1. The number of aromatic nitrogens is 2. The van der Waals surface area contributed by atoms with Crippen LogP contribution in [0.4, 0.5) is 18.0 Å². The van der Waals surface area contributed by atoms with E-state index < -0.39 is 29.4 Å². The van der Waals surface area contributed by atoms with Crippen LogP contribution < -0.4 is 5.32 Å². The zero-order chi connectivity index (χ0) is 28.1. The number of nitrogens with zero attached hydrogens (tertiary/aromatic N) is 2. The smallest absolute Gasteiger partial charge is 0.420 e. The van der Waals surface area contributed by atoms with E-state index in [1.807, 2.05) is 0 Å². The number of pyridine rings is 1. The Balaban J connectivity index is 1.61. The number of nitrogens with one attached hydrogen (secondary N) is 1. The molecule has 3 heterocycles. The number of carbonyl (C=O) groups is 3. The number of alkyl halides is 3. The van der Waals surface area contributed by atoms with Crippen LogP contribution >= 0.6 is 0 Å². The molecule has 206 valence electrons. The van der Waals surface area contributed by atoms with Crippen LogP contribution in [0.2, 0.25) is 0 Å². The van der Waals surface area contributed by atoms with E-state index in [1.54, 1.807) is 26.8 Å². The summed E-state index contributed by atoms with van der Waals surface area (Å²) in [4.78, 5) is 40.6. The molecule has 0 aliphatic carbocycles. The Bertz CT molecular complexity index is 1270. The molecule has 1 atom stereocenters. The molecule has 1 N–H and O–H groups in total. The molecule has 8 nitrogen and oxygen atoms in total. The third-order valence-corrected chi connectivity index (χ3v) is 5.84. The summed E-state index contributed by atoms with van der Waals surface area (Å²) in [5.41, 5.74) is -0.846. The average Bonchev–Trinajstić information content (AvgIpc) is 3.44. The van der Waals surface area contributed by atoms with E-state index in [0.29, 0.717) is 36.9 Å². The normalized spacial score (nSPS) is 12.9. The summed E-state index contributed by atoms with van der Waals surface area (Å²) in [5, 5.41) is 2.65. The number of alkyl carbamates (subject to hydrolysis) is 1. The van der Waals surface area contributed by atoms with Crippen molar-refractivity contribution in [2.75, 3.05) is 6.54 Å². The first-order valence-electron chi connectivity index (χ1n) is 12.3. The number of unbranched alkanes of at least 4 members (excludes halogenated alkanes) is 1. The lowest BCUT2D eigenvalue weighted by Crippen LogP contribution is -2.33. The number of ketones is 2. The van der Waals surface area contributed by atoms with Gasteiger partial charge in [-0.25, -0.2) is 9.78 Å². The van der Waals surface area contributed by atoms with Gasteiger partial charge in [-0.15, -0.1) is 0 Å². The first kappa shape index (κ1) is 28.9. The molecule has 0 aliphatic rings.